The third-order valence-electron chi connectivity index (χ3n) is 3.84. The van der Waals surface area contributed by atoms with Crippen molar-refractivity contribution in [3.63, 3.8) is 0 Å². The van der Waals surface area contributed by atoms with E-state index in [-0.39, 0.29) is 0 Å². The van der Waals surface area contributed by atoms with Gasteiger partial charge in [-0.3, -0.25) is 4.98 Å². The molecule has 0 amide bonds. The van der Waals surface area contributed by atoms with Crippen molar-refractivity contribution in [1.29, 1.82) is 0 Å². The molecule has 0 aromatic carbocycles. The maximum Gasteiger partial charge on any atom is 0.0300 e. The summed E-state index contributed by atoms with van der Waals surface area (Å²) in [4.78, 5) is 4.11. The van der Waals surface area contributed by atoms with Crippen LogP contribution in [0.2, 0.25) is 0 Å². The Morgan fingerprint density at radius 3 is 2.81 bits per heavy atom. The Kier molecular flexibility index (Phi) is 3.59. The molecule has 88 valence electrons. The minimum atomic E-state index is 0.736. The summed E-state index contributed by atoms with van der Waals surface area (Å²) in [6.07, 6.45) is 6.51. The van der Waals surface area contributed by atoms with Crippen LogP contribution in [0, 0.1) is 18.8 Å². The Morgan fingerprint density at radius 2 is 2.19 bits per heavy atom. The van der Waals surface area contributed by atoms with Crippen LogP contribution in [0.5, 0.6) is 0 Å². The van der Waals surface area contributed by atoms with Crippen molar-refractivity contribution in [3.05, 3.63) is 29.6 Å². The highest BCUT2D eigenvalue weighted by Gasteiger charge is 2.30. The van der Waals surface area contributed by atoms with Gasteiger partial charge in [0.05, 0.1) is 0 Å². The van der Waals surface area contributed by atoms with Gasteiger partial charge in [0.15, 0.2) is 0 Å². The number of nitrogens with zero attached hydrogens (tertiary/aromatic N) is 1. The maximum atomic E-state index is 4.11. The first-order valence-corrected chi connectivity index (χ1v) is 6.29. The standard InChI is InChI=1S/C14H22N2/c1-10(2)13-6-14(7-13)16-9-12-4-5-15-8-11(12)3/h4-5,8,10,13-14,16H,6-7,9H2,1-3H3. The summed E-state index contributed by atoms with van der Waals surface area (Å²) in [6.45, 7) is 7.77. The lowest BCUT2D eigenvalue weighted by atomic mass is 9.73. The summed E-state index contributed by atoms with van der Waals surface area (Å²) in [5.74, 6) is 1.79. The van der Waals surface area contributed by atoms with E-state index in [2.05, 4.69) is 37.1 Å². The van der Waals surface area contributed by atoms with Crippen LogP contribution in [-0.2, 0) is 6.54 Å². The predicted octanol–water partition coefficient (Wildman–Crippen LogP) is 2.91. The normalized spacial score (nSPS) is 24.5. The van der Waals surface area contributed by atoms with Gasteiger partial charge in [0.1, 0.15) is 0 Å². The molecule has 0 atom stereocenters. The molecule has 1 heterocycles. The van der Waals surface area contributed by atoms with Crippen LogP contribution in [0.25, 0.3) is 0 Å². The van der Waals surface area contributed by atoms with E-state index in [9.17, 15) is 0 Å². The quantitative estimate of drug-likeness (QED) is 0.840. The highest BCUT2D eigenvalue weighted by atomic mass is 14.9. The Hall–Kier alpha value is -0.890. The third kappa shape index (κ3) is 2.62. The number of pyridine rings is 1. The zero-order valence-corrected chi connectivity index (χ0v) is 10.5. The van der Waals surface area contributed by atoms with Gasteiger partial charge in [0.2, 0.25) is 0 Å². The average Bonchev–Trinajstić information content (AvgIpc) is 2.17. The van der Waals surface area contributed by atoms with Crippen molar-refractivity contribution in [1.82, 2.24) is 10.3 Å². The Balaban J connectivity index is 1.76. The number of rotatable bonds is 4. The van der Waals surface area contributed by atoms with Crippen molar-refractivity contribution in [2.45, 2.75) is 46.2 Å². The molecule has 1 saturated carbocycles. The molecule has 0 saturated heterocycles. The first-order chi connectivity index (χ1) is 7.66. The molecule has 1 aromatic rings. The van der Waals surface area contributed by atoms with E-state index in [0.717, 1.165) is 24.4 Å². The van der Waals surface area contributed by atoms with Crippen molar-refractivity contribution in [2.75, 3.05) is 0 Å². The zero-order valence-electron chi connectivity index (χ0n) is 10.5. The van der Waals surface area contributed by atoms with Crippen LogP contribution in [-0.4, -0.2) is 11.0 Å². The predicted molar refractivity (Wildman–Crippen MR) is 67.2 cm³/mol. The van der Waals surface area contributed by atoms with Gasteiger partial charge in [0, 0.05) is 25.0 Å². The van der Waals surface area contributed by atoms with Gasteiger partial charge < -0.3 is 5.32 Å². The highest BCUT2D eigenvalue weighted by molar-refractivity contribution is 5.21. The summed E-state index contributed by atoms with van der Waals surface area (Å²) in [5.41, 5.74) is 2.66. The van der Waals surface area contributed by atoms with E-state index in [1.165, 1.54) is 24.0 Å². The molecule has 1 N–H and O–H groups in total. The topological polar surface area (TPSA) is 24.9 Å². The lowest BCUT2D eigenvalue weighted by molar-refractivity contribution is 0.167. The van der Waals surface area contributed by atoms with Gasteiger partial charge in [-0.25, -0.2) is 0 Å². The Bertz CT molecular complexity index is 340. The number of aromatic nitrogens is 1. The van der Waals surface area contributed by atoms with E-state index >= 15 is 0 Å². The van der Waals surface area contributed by atoms with E-state index in [1.54, 1.807) is 0 Å². The summed E-state index contributed by atoms with van der Waals surface area (Å²) in [7, 11) is 0. The van der Waals surface area contributed by atoms with Crippen molar-refractivity contribution in [2.24, 2.45) is 11.8 Å². The lowest BCUT2D eigenvalue weighted by Crippen LogP contribution is -2.42. The zero-order chi connectivity index (χ0) is 11.5. The maximum absolute atomic E-state index is 4.11. The van der Waals surface area contributed by atoms with Crippen molar-refractivity contribution < 1.29 is 0 Å². The lowest BCUT2D eigenvalue weighted by Gasteiger charge is -2.38. The van der Waals surface area contributed by atoms with Gasteiger partial charge in [-0.2, -0.15) is 0 Å². The smallest absolute Gasteiger partial charge is 0.0300 e. The second-order valence-electron chi connectivity index (χ2n) is 5.36. The summed E-state index contributed by atoms with van der Waals surface area (Å²) < 4.78 is 0. The molecule has 0 radical (unpaired) electrons. The van der Waals surface area contributed by atoms with Gasteiger partial charge in [0.25, 0.3) is 0 Å². The first-order valence-electron chi connectivity index (χ1n) is 6.29. The molecule has 0 unspecified atom stereocenters. The second kappa shape index (κ2) is 4.96. The second-order valence-corrected chi connectivity index (χ2v) is 5.36. The molecule has 2 rings (SSSR count). The molecule has 0 spiro atoms. The fourth-order valence-corrected chi connectivity index (χ4v) is 2.33. The van der Waals surface area contributed by atoms with E-state index in [0.29, 0.717) is 0 Å². The van der Waals surface area contributed by atoms with Gasteiger partial charge in [-0.05, 0) is 48.8 Å². The van der Waals surface area contributed by atoms with E-state index in [4.69, 9.17) is 0 Å². The molecule has 0 aliphatic heterocycles. The molecule has 1 aliphatic carbocycles. The summed E-state index contributed by atoms with van der Waals surface area (Å²) in [5, 5.41) is 3.63. The number of hydrogen-bond acceptors (Lipinski definition) is 2. The minimum Gasteiger partial charge on any atom is -0.310 e. The van der Waals surface area contributed by atoms with Crippen LogP contribution in [0.3, 0.4) is 0 Å². The summed E-state index contributed by atoms with van der Waals surface area (Å²) in [6, 6.07) is 2.85. The molecule has 0 bridgehead atoms. The molecular formula is C14H22N2. The number of aryl methyl sites for hydroxylation is 1. The molecular weight excluding hydrogens is 196 g/mol. The SMILES string of the molecule is Cc1cnccc1CNC1CC(C(C)C)C1. The number of hydrogen-bond donors (Lipinski definition) is 1. The fourth-order valence-electron chi connectivity index (χ4n) is 2.33. The molecule has 16 heavy (non-hydrogen) atoms. The largest absolute Gasteiger partial charge is 0.310 e. The van der Waals surface area contributed by atoms with Crippen LogP contribution < -0.4 is 5.32 Å². The third-order valence-corrected chi connectivity index (χ3v) is 3.84. The minimum absolute atomic E-state index is 0.736. The summed E-state index contributed by atoms with van der Waals surface area (Å²) >= 11 is 0. The molecule has 1 aromatic heterocycles. The Labute approximate surface area is 98.5 Å². The van der Waals surface area contributed by atoms with Gasteiger partial charge in [-0.1, -0.05) is 13.8 Å². The molecule has 2 heteroatoms. The van der Waals surface area contributed by atoms with Crippen molar-refractivity contribution >= 4 is 0 Å². The Morgan fingerprint density at radius 1 is 1.44 bits per heavy atom. The monoisotopic (exact) mass is 218 g/mol. The fraction of sp³-hybridized carbons (Fsp3) is 0.643. The van der Waals surface area contributed by atoms with Crippen LogP contribution in [0.4, 0.5) is 0 Å². The van der Waals surface area contributed by atoms with Crippen LogP contribution >= 0.6 is 0 Å². The van der Waals surface area contributed by atoms with Crippen LogP contribution in [0.15, 0.2) is 18.5 Å². The van der Waals surface area contributed by atoms with Gasteiger partial charge >= 0.3 is 0 Å². The van der Waals surface area contributed by atoms with Gasteiger partial charge in [-0.15, -0.1) is 0 Å². The van der Waals surface area contributed by atoms with E-state index < -0.39 is 0 Å². The van der Waals surface area contributed by atoms with Crippen molar-refractivity contribution in [3.8, 4) is 0 Å². The average molecular weight is 218 g/mol. The van der Waals surface area contributed by atoms with Crippen LogP contribution in [0.1, 0.15) is 37.8 Å². The first kappa shape index (κ1) is 11.6. The molecule has 2 nitrogen and oxygen atoms in total. The molecule has 1 fully saturated rings. The molecule has 1 aliphatic rings. The highest BCUT2D eigenvalue weighted by Crippen LogP contribution is 2.33. The number of nitrogens with one attached hydrogen (secondary N) is 1. The van der Waals surface area contributed by atoms with E-state index in [1.807, 2.05) is 12.4 Å².